The Bertz CT molecular complexity index is 1140. The van der Waals surface area contributed by atoms with E-state index in [2.05, 4.69) is 16.8 Å². The number of hydrogen-bond acceptors (Lipinski definition) is 8. The van der Waals surface area contributed by atoms with E-state index in [1.165, 1.54) is 11.8 Å². The van der Waals surface area contributed by atoms with Crippen molar-refractivity contribution >= 4 is 51.7 Å². The number of aromatic nitrogens is 2. The second kappa shape index (κ2) is 9.70. The average molecular weight is 474 g/mol. The number of anilines is 1. The number of aryl methyl sites for hydroxylation is 1. The van der Waals surface area contributed by atoms with E-state index in [4.69, 9.17) is 21.9 Å². The van der Waals surface area contributed by atoms with Crippen molar-refractivity contribution < 1.29 is 9.53 Å². The topological polar surface area (TPSA) is 70.4 Å². The van der Waals surface area contributed by atoms with E-state index in [1.807, 2.05) is 19.1 Å². The Kier molecular flexibility index (Phi) is 6.94. The summed E-state index contributed by atoms with van der Waals surface area (Å²) in [4.78, 5) is 37.9. The van der Waals surface area contributed by atoms with Gasteiger partial charge in [0.2, 0.25) is 0 Å². The van der Waals surface area contributed by atoms with Gasteiger partial charge < -0.3 is 14.5 Å². The van der Waals surface area contributed by atoms with Gasteiger partial charge in [-0.25, -0.2) is 4.98 Å². The molecule has 2 aliphatic rings. The van der Waals surface area contributed by atoms with Crippen molar-refractivity contribution in [1.82, 2.24) is 19.2 Å². The normalized spacial score (nSPS) is 19.0. The molecule has 0 saturated carbocycles. The third-order valence-electron chi connectivity index (χ3n) is 5.75. The van der Waals surface area contributed by atoms with Crippen LogP contribution in [0.3, 0.4) is 0 Å². The fourth-order valence-corrected chi connectivity index (χ4v) is 5.17. The quantitative estimate of drug-likeness (QED) is 0.359. The van der Waals surface area contributed by atoms with E-state index in [0.29, 0.717) is 45.8 Å². The van der Waals surface area contributed by atoms with Gasteiger partial charge in [0.15, 0.2) is 0 Å². The molecule has 170 valence electrons. The van der Waals surface area contributed by atoms with Crippen molar-refractivity contribution in [3.05, 3.63) is 44.7 Å². The second-order valence-electron chi connectivity index (χ2n) is 8.01. The van der Waals surface area contributed by atoms with Gasteiger partial charge in [0.1, 0.15) is 15.8 Å². The zero-order chi connectivity index (χ0) is 22.8. The van der Waals surface area contributed by atoms with E-state index in [9.17, 15) is 9.59 Å². The number of pyridine rings is 1. The fraction of sp³-hybridized carbons (Fsp3) is 0.455. The lowest BCUT2D eigenvalue weighted by Gasteiger charge is -2.34. The number of carbonyl (C=O) groups excluding carboxylic acids is 1. The number of likely N-dealkylation sites (N-methyl/N-ethyl adjacent to an activating group) is 1. The number of methoxy groups -OCH3 is 1. The SMILES string of the molecule is COCCCN1C(=O)C(=Cc2c(N3CCN(C)CC3)nc3c(C)cccn3c2=O)SC1=S. The Morgan fingerprint density at radius 2 is 2.00 bits per heavy atom. The summed E-state index contributed by atoms with van der Waals surface area (Å²) in [5, 5.41) is 0. The molecule has 2 aliphatic heterocycles. The zero-order valence-electron chi connectivity index (χ0n) is 18.5. The monoisotopic (exact) mass is 473 g/mol. The molecule has 0 radical (unpaired) electrons. The summed E-state index contributed by atoms with van der Waals surface area (Å²) in [7, 11) is 3.71. The lowest BCUT2D eigenvalue weighted by Crippen LogP contribution is -2.45. The molecule has 2 aromatic rings. The molecule has 32 heavy (non-hydrogen) atoms. The highest BCUT2D eigenvalue weighted by molar-refractivity contribution is 8.26. The molecule has 0 unspecified atom stereocenters. The van der Waals surface area contributed by atoms with Gasteiger partial charge in [0.05, 0.1) is 10.5 Å². The molecule has 0 atom stereocenters. The number of amides is 1. The first-order valence-electron chi connectivity index (χ1n) is 10.6. The maximum Gasteiger partial charge on any atom is 0.267 e. The molecule has 0 bridgehead atoms. The number of hydrogen-bond donors (Lipinski definition) is 0. The molecule has 0 spiro atoms. The third kappa shape index (κ3) is 4.45. The van der Waals surface area contributed by atoms with Crippen LogP contribution in [0.4, 0.5) is 5.82 Å². The van der Waals surface area contributed by atoms with Crippen LogP contribution in [0.15, 0.2) is 28.0 Å². The Hall–Kier alpha value is -2.27. The maximum absolute atomic E-state index is 13.5. The van der Waals surface area contributed by atoms with Crippen molar-refractivity contribution in [1.29, 1.82) is 0 Å². The predicted octanol–water partition coefficient (Wildman–Crippen LogP) is 1.99. The molecule has 0 aliphatic carbocycles. The number of thioether (sulfide) groups is 1. The number of carbonyl (C=O) groups is 1. The summed E-state index contributed by atoms with van der Waals surface area (Å²) in [6.07, 6.45) is 4.09. The third-order valence-corrected chi connectivity index (χ3v) is 7.12. The van der Waals surface area contributed by atoms with Crippen LogP contribution in [0.2, 0.25) is 0 Å². The number of fused-ring (bicyclic) bond motifs is 1. The van der Waals surface area contributed by atoms with Gasteiger partial charge in [-0.15, -0.1) is 0 Å². The van der Waals surface area contributed by atoms with Crippen molar-refractivity contribution in [2.45, 2.75) is 13.3 Å². The smallest absolute Gasteiger partial charge is 0.267 e. The summed E-state index contributed by atoms with van der Waals surface area (Å²) < 4.78 is 7.15. The molecule has 2 aromatic heterocycles. The van der Waals surface area contributed by atoms with Gasteiger partial charge in [-0.3, -0.25) is 18.9 Å². The minimum absolute atomic E-state index is 0.172. The van der Waals surface area contributed by atoms with Crippen LogP contribution < -0.4 is 10.5 Å². The van der Waals surface area contributed by atoms with Crippen LogP contribution in [-0.4, -0.2) is 82.9 Å². The van der Waals surface area contributed by atoms with E-state index >= 15 is 0 Å². The molecule has 2 fully saturated rings. The molecule has 2 saturated heterocycles. The highest BCUT2D eigenvalue weighted by Gasteiger charge is 2.32. The van der Waals surface area contributed by atoms with Crippen LogP contribution in [0.1, 0.15) is 17.5 Å². The lowest BCUT2D eigenvalue weighted by molar-refractivity contribution is -0.122. The van der Waals surface area contributed by atoms with Crippen LogP contribution in [0, 0.1) is 6.92 Å². The summed E-state index contributed by atoms with van der Waals surface area (Å²) in [6, 6.07) is 3.78. The van der Waals surface area contributed by atoms with Crippen molar-refractivity contribution in [3.63, 3.8) is 0 Å². The Labute approximate surface area is 196 Å². The first kappa shape index (κ1) is 22.9. The van der Waals surface area contributed by atoms with E-state index < -0.39 is 0 Å². The highest BCUT2D eigenvalue weighted by atomic mass is 32.2. The number of rotatable bonds is 6. The molecule has 0 N–H and O–H groups in total. The molecule has 10 heteroatoms. The van der Waals surface area contributed by atoms with Crippen molar-refractivity contribution in [3.8, 4) is 0 Å². The number of piperazine rings is 1. The lowest BCUT2D eigenvalue weighted by atomic mass is 10.2. The van der Waals surface area contributed by atoms with Gasteiger partial charge in [0, 0.05) is 52.6 Å². The van der Waals surface area contributed by atoms with Crippen LogP contribution >= 0.6 is 24.0 Å². The first-order chi connectivity index (χ1) is 15.4. The van der Waals surface area contributed by atoms with Gasteiger partial charge in [-0.1, -0.05) is 30.0 Å². The highest BCUT2D eigenvalue weighted by Crippen LogP contribution is 2.33. The molecular formula is C22H27N5O3S2. The number of thiocarbonyl (C=S) groups is 1. The minimum atomic E-state index is -0.183. The van der Waals surface area contributed by atoms with Crippen molar-refractivity contribution in [2.24, 2.45) is 0 Å². The largest absolute Gasteiger partial charge is 0.385 e. The van der Waals surface area contributed by atoms with Crippen LogP contribution in [-0.2, 0) is 9.53 Å². The predicted molar refractivity (Wildman–Crippen MR) is 132 cm³/mol. The van der Waals surface area contributed by atoms with E-state index in [1.54, 1.807) is 28.7 Å². The summed E-state index contributed by atoms with van der Waals surface area (Å²) in [5.74, 6) is 0.455. The molecular weight excluding hydrogens is 446 g/mol. The van der Waals surface area contributed by atoms with Gasteiger partial charge in [0.25, 0.3) is 11.5 Å². The average Bonchev–Trinajstić information content (AvgIpc) is 3.04. The Morgan fingerprint density at radius 1 is 1.25 bits per heavy atom. The van der Waals surface area contributed by atoms with Gasteiger partial charge in [-0.2, -0.15) is 0 Å². The summed E-state index contributed by atoms with van der Waals surface area (Å²) >= 11 is 6.66. The summed E-state index contributed by atoms with van der Waals surface area (Å²) in [6.45, 7) is 6.30. The first-order valence-corrected chi connectivity index (χ1v) is 11.8. The van der Waals surface area contributed by atoms with Crippen LogP contribution in [0.5, 0.6) is 0 Å². The molecule has 8 nitrogen and oxygen atoms in total. The fourth-order valence-electron chi connectivity index (χ4n) is 3.88. The van der Waals surface area contributed by atoms with Gasteiger partial charge >= 0.3 is 0 Å². The van der Waals surface area contributed by atoms with E-state index in [0.717, 1.165) is 31.7 Å². The number of nitrogens with zero attached hydrogens (tertiary/aromatic N) is 5. The molecule has 0 aromatic carbocycles. The molecule has 4 heterocycles. The van der Waals surface area contributed by atoms with E-state index in [-0.39, 0.29) is 11.5 Å². The van der Waals surface area contributed by atoms with Gasteiger partial charge in [-0.05, 0) is 38.1 Å². The Balaban J connectivity index is 1.78. The summed E-state index contributed by atoms with van der Waals surface area (Å²) in [5.41, 5.74) is 1.80. The van der Waals surface area contributed by atoms with Crippen molar-refractivity contribution in [2.75, 3.05) is 58.4 Å². The second-order valence-corrected chi connectivity index (χ2v) is 9.68. The molecule has 1 amide bonds. The standard InChI is InChI=1S/C22H27N5O3S2/c1-15-6-4-7-26-18(15)23-19(25-11-9-24(2)10-12-25)16(20(26)28)14-17-21(29)27(22(31)32-17)8-5-13-30-3/h4,6-7,14H,5,8-13H2,1-3H3. The Morgan fingerprint density at radius 3 is 2.72 bits per heavy atom. The number of ether oxygens (including phenoxy) is 1. The maximum atomic E-state index is 13.5. The zero-order valence-corrected chi connectivity index (χ0v) is 20.2. The minimum Gasteiger partial charge on any atom is -0.385 e. The molecule has 4 rings (SSSR count). The van der Waals surface area contributed by atoms with Crippen LogP contribution in [0.25, 0.3) is 11.7 Å².